The highest BCUT2D eigenvalue weighted by atomic mass is 35.5. The van der Waals surface area contributed by atoms with Gasteiger partial charge in [0, 0.05) is 6.54 Å². The van der Waals surface area contributed by atoms with Crippen molar-refractivity contribution in [3.63, 3.8) is 0 Å². The Morgan fingerprint density at radius 2 is 1.67 bits per heavy atom. The first-order valence-corrected chi connectivity index (χ1v) is 9.88. The lowest BCUT2D eigenvalue weighted by molar-refractivity contribution is 0.0944. The van der Waals surface area contributed by atoms with E-state index < -0.39 is 0 Å². The lowest BCUT2D eigenvalue weighted by atomic mass is 10.2. The summed E-state index contributed by atoms with van der Waals surface area (Å²) in [6.07, 6.45) is 1.84. The number of halogens is 1. The number of ether oxygens (including phenoxy) is 1. The number of carbonyl (C=O) groups is 1. The van der Waals surface area contributed by atoms with Gasteiger partial charge in [-0.25, -0.2) is 4.98 Å². The second kappa shape index (κ2) is 9.39. The maximum atomic E-state index is 12.7. The molecule has 138 valence electrons. The Labute approximate surface area is 167 Å². The molecule has 0 saturated carbocycles. The molecule has 0 atom stereocenters. The number of hydrogen-bond donors (Lipinski definition) is 1. The number of nitrogens with one attached hydrogen (secondary N) is 1. The van der Waals surface area contributed by atoms with Crippen LogP contribution in [-0.2, 0) is 13.2 Å². The first-order chi connectivity index (χ1) is 13.2. The maximum absolute atomic E-state index is 12.7. The molecule has 27 heavy (non-hydrogen) atoms. The topological polar surface area (TPSA) is 64.1 Å². The van der Waals surface area contributed by atoms with Crippen molar-refractivity contribution in [3.05, 3.63) is 82.5 Å². The molecule has 0 bridgehead atoms. The molecule has 5 nitrogen and oxygen atoms in total. The molecule has 7 heteroatoms. The van der Waals surface area contributed by atoms with Crippen molar-refractivity contribution in [3.8, 4) is 5.88 Å². The quantitative estimate of drug-likeness (QED) is 0.363. The number of hydrogen-bond acceptors (Lipinski definition) is 5. The molecule has 1 heterocycles. The molecule has 0 aliphatic rings. The molecule has 0 unspecified atom stereocenters. The van der Waals surface area contributed by atoms with Crippen LogP contribution in [-0.4, -0.2) is 22.1 Å². The van der Waals surface area contributed by atoms with Crippen LogP contribution in [0.4, 0.5) is 0 Å². The lowest BCUT2D eigenvalue weighted by Gasteiger charge is -2.13. The average Bonchev–Trinajstić information content (AvgIpc) is 2.71. The van der Waals surface area contributed by atoms with E-state index in [2.05, 4.69) is 15.3 Å². The molecular formula is C20H18ClN3O2S. The summed E-state index contributed by atoms with van der Waals surface area (Å²) in [6.45, 7) is 0.652. The molecule has 0 radical (unpaired) electrons. The highest BCUT2D eigenvalue weighted by Crippen LogP contribution is 2.27. The van der Waals surface area contributed by atoms with E-state index >= 15 is 0 Å². The van der Waals surface area contributed by atoms with E-state index in [1.165, 1.54) is 11.8 Å². The van der Waals surface area contributed by atoms with Gasteiger partial charge in [0.2, 0.25) is 5.88 Å². The van der Waals surface area contributed by atoms with Gasteiger partial charge in [0.05, 0.1) is 0 Å². The van der Waals surface area contributed by atoms with Crippen molar-refractivity contribution in [2.24, 2.45) is 0 Å². The number of rotatable bonds is 7. The number of carbonyl (C=O) groups excluding carboxylic acids is 1. The fourth-order valence-corrected chi connectivity index (χ4v) is 3.03. The summed E-state index contributed by atoms with van der Waals surface area (Å²) in [6, 6.07) is 19.3. The predicted octanol–water partition coefficient (Wildman–Crippen LogP) is 4.36. The zero-order valence-corrected chi connectivity index (χ0v) is 16.3. The molecule has 0 fully saturated rings. The van der Waals surface area contributed by atoms with Gasteiger partial charge in [-0.15, -0.1) is 0 Å². The second-order valence-corrected chi connectivity index (χ2v) is 6.76. The van der Waals surface area contributed by atoms with Gasteiger partial charge in [0.1, 0.15) is 17.3 Å². The summed E-state index contributed by atoms with van der Waals surface area (Å²) in [5.74, 6) is -0.201. The van der Waals surface area contributed by atoms with Crippen LogP contribution in [0.5, 0.6) is 5.88 Å². The van der Waals surface area contributed by atoms with Crippen molar-refractivity contribution in [1.29, 1.82) is 0 Å². The summed E-state index contributed by atoms with van der Waals surface area (Å²) in [5.41, 5.74) is 2.09. The Hall–Kier alpha value is -2.57. The van der Waals surface area contributed by atoms with E-state index in [1.807, 2.05) is 66.9 Å². The van der Waals surface area contributed by atoms with Crippen LogP contribution < -0.4 is 10.1 Å². The molecule has 0 spiro atoms. The number of amides is 1. The summed E-state index contributed by atoms with van der Waals surface area (Å²) in [5, 5.41) is 3.36. The number of aromatic nitrogens is 2. The molecular weight excluding hydrogens is 382 g/mol. The Bertz CT molecular complexity index is 908. The highest BCUT2D eigenvalue weighted by Gasteiger charge is 2.21. The fraction of sp³-hybridized carbons (Fsp3) is 0.150. The SMILES string of the molecule is CSc1nc(Cl)c(C(=O)NCc2ccccc2)c(OCc2ccccc2)n1. The third-order valence-corrected chi connectivity index (χ3v) is 4.56. The van der Waals surface area contributed by atoms with Crippen molar-refractivity contribution in [2.75, 3.05) is 6.26 Å². The van der Waals surface area contributed by atoms with Crippen molar-refractivity contribution < 1.29 is 9.53 Å². The molecule has 3 aromatic rings. The molecule has 0 aliphatic heterocycles. The third kappa shape index (κ3) is 5.21. The van der Waals surface area contributed by atoms with E-state index in [1.54, 1.807) is 0 Å². The van der Waals surface area contributed by atoms with Crippen molar-refractivity contribution >= 4 is 29.3 Å². The Morgan fingerprint density at radius 3 is 2.30 bits per heavy atom. The van der Waals surface area contributed by atoms with Crippen LogP contribution in [0.25, 0.3) is 0 Å². The van der Waals surface area contributed by atoms with Gasteiger partial charge in [0.25, 0.3) is 5.91 Å². The monoisotopic (exact) mass is 399 g/mol. The number of thioether (sulfide) groups is 1. The van der Waals surface area contributed by atoms with Gasteiger partial charge in [0.15, 0.2) is 5.16 Å². The third-order valence-electron chi connectivity index (χ3n) is 3.74. The molecule has 3 rings (SSSR count). The van der Waals surface area contributed by atoms with Crippen LogP contribution in [0, 0.1) is 0 Å². The minimum absolute atomic E-state index is 0.0722. The molecule has 1 amide bonds. The number of nitrogens with zero attached hydrogens (tertiary/aromatic N) is 2. The molecule has 1 aromatic heterocycles. The smallest absolute Gasteiger partial charge is 0.260 e. The summed E-state index contributed by atoms with van der Waals surface area (Å²) in [4.78, 5) is 21.2. The van der Waals surface area contributed by atoms with Crippen LogP contribution >= 0.6 is 23.4 Å². The molecule has 2 aromatic carbocycles. The molecule has 0 saturated heterocycles. The first-order valence-electron chi connectivity index (χ1n) is 8.27. The van der Waals surface area contributed by atoms with Gasteiger partial charge in [-0.3, -0.25) is 4.79 Å². The fourth-order valence-electron chi connectivity index (χ4n) is 2.37. The highest BCUT2D eigenvalue weighted by molar-refractivity contribution is 7.98. The number of benzene rings is 2. The standard InChI is InChI=1S/C20H18ClN3O2S/c1-27-20-23-17(21)16(18(25)22-12-14-8-4-2-5-9-14)19(24-20)26-13-15-10-6-3-7-11-15/h2-11H,12-13H2,1H3,(H,22,25). The molecule has 1 N–H and O–H groups in total. The average molecular weight is 400 g/mol. The lowest BCUT2D eigenvalue weighted by Crippen LogP contribution is -2.24. The largest absolute Gasteiger partial charge is 0.472 e. The van der Waals surface area contributed by atoms with E-state index in [0.717, 1.165) is 11.1 Å². The van der Waals surface area contributed by atoms with E-state index in [0.29, 0.717) is 11.7 Å². The minimum atomic E-state index is -0.375. The maximum Gasteiger partial charge on any atom is 0.260 e. The summed E-state index contributed by atoms with van der Waals surface area (Å²) in [7, 11) is 0. The Balaban J connectivity index is 1.80. The van der Waals surface area contributed by atoms with E-state index in [9.17, 15) is 4.79 Å². The first kappa shape index (κ1) is 19.2. The Kier molecular flexibility index (Phi) is 6.68. The predicted molar refractivity (Wildman–Crippen MR) is 107 cm³/mol. The normalized spacial score (nSPS) is 10.4. The van der Waals surface area contributed by atoms with Crippen LogP contribution in [0.1, 0.15) is 21.5 Å². The van der Waals surface area contributed by atoms with Gasteiger partial charge in [-0.2, -0.15) is 4.98 Å². The van der Waals surface area contributed by atoms with Crippen LogP contribution in [0.15, 0.2) is 65.8 Å². The van der Waals surface area contributed by atoms with Crippen molar-refractivity contribution in [1.82, 2.24) is 15.3 Å². The van der Waals surface area contributed by atoms with E-state index in [4.69, 9.17) is 16.3 Å². The molecule has 0 aliphatic carbocycles. The minimum Gasteiger partial charge on any atom is -0.472 e. The van der Waals surface area contributed by atoms with Gasteiger partial charge in [-0.1, -0.05) is 84.0 Å². The van der Waals surface area contributed by atoms with Crippen LogP contribution in [0.2, 0.25) is 5.15 Å². The van der Waals surface area contributed by atoms with Crippen LogP contribution in [0.3, 0.4) is 0 Å². The zero-order valence-electron chi connectivity index (χ0n) is 14.7. The van der Waals surface area contributed by atoms with Gasteiger partial charge in [-0.05, 0) is 17.4 Å². The van der Waals surface area contributed by atoms with E-state index in [-0.39, 0.29) is 29.1 Å². The van der Waals surface area contributed by atoms with Gasteiger partial charge < -0.3 is 10.1 Å². The summed E-state index contributed by atoms with van der Waals surface area (Å²) < 4.78 is 5.81. The zero-order chi connectivity index (χ0) is 19.1. The van der Waals surface area contributed by atoms with Gasteiger partial charge >= 0.3 is 0 Å². The van der Waals surface area contributed by atoms with Crippen molar-refractivity contribution in [2.45, 2.75) is 18.3 Å². The Morgan fingerprint density at radius 1 is 1.04 bits per heavy atom. The summed E-state index contributed by atoms with van der Waals surface area (Å²) >= 11 is 7.60. The second-order valence-electron chi connectivity index (χ2n) is 5.62.